The third-order valence-corrected chi connectivity index (χ3v) is 11.4. The van der Waals surface area contributed by atoms with Crippen LogP contribution in [-0.2, 0) is 24.6 Å². The van der Waals surface area contributed by atoms with E-state index in [-0.39, 0.29) is 34.4 Å². The zero-order chi connectivity index (χ0) is 31.6. The molecule has 0 radical (unpaired) electrons. The molecule has 2 heterocycles. The molecule has 10 nitrogen and oxygen atoms in total. The Balaban J connectivity index is 1.24. The molecule has 228 valence electrons. The summed E-state index contributed by atoms with van der Waals surface area (Å²) >= 11 is 6.08. The van der Waals surface area contributed by atoms with Crippen LogP contribution in [-0.4, -0.2) is 39.8 Å². The molecule has 2 saturated heterocycles. The summed E-state index contributed by atoms with van der Waals surface area (Å²) in [6, 6.07) is 18.9. The number of benzene rings is 3. The number of carbonyl (C=O) groups excluding carboxylic acids is 4. The van der Waals surface area contributed by atoms with E-state index in [1.54, 1.807) is 0 Å². The summed E-state index contributed by atoms with van der Waals surface area (Å²) in [5, 5.41) is 17.8. The van der Waals surface area contributed by atoms with Crippen LogP contribution in [0.2, 0.25) is 5.02 Å². The number of nitro benzene ring substituents is 1. The Kier molecular flexibility index (Phi) is 5.53. The quantitative estimate of drug-likeness (QED) is 0.131. The van der Waals surface area contributed by atoms with E-state index in [9.17, 15) is 29.3 Å². The smallest absolute Gasteiger partial charge is 0.274 e. The van der Waals surface area contributed by atoms with Gasteiger partial charge in [0.25, 0.3) is 17.5 Å². The molecule has 0 N–H and O–H groups in total. The molecule has 0 unspecified atom stereocenters. The lowest BCUT2D eigenvalue weighted by Gasteiger charge is -2.52. The number of nitrogens with zero attached hydrogens (tertiary/aromatic N) is 4. The predicted molar refractivity (Wildman–Crippen MR) is 166 cm³/mol. The number of hydrazone groups is 1. The minimum Gasteiger partial charge on any atom is -0.274 e. The van der Waals surface area contributed by atoms with Crippen molar-refractivity contribution in [2.24, 2.45) is 40.6 Å². The van der Waals surface area contributed by atoms with E-state index < -0.39 is 57.4 Å². The van der Waals surface area contributed by atoms with E-state index in [0.717, 1.165) is 51.1 Å². The Morgan fingerprint density at radius 2 is 1.39 bits per heavy atom. The van der Waals surface area contributed by atoms with E-state index in [1.807, 2.05) is 60.7 Å². The topological polar surface area (TPSA) is 130 Å². The molecular weight excluding hydrogens is 608 g/mol. The lowest BCUT2D eigenvalue weighted by Crippen LogP contribution is -2.55. The van der Waals surface area contributed by atoms with Gasteiger partial charge in [0.05, 0.1) is 34.0 Å². The molecule has 1 saturated carbocycles. The third kappa shape index (κ3) is 3.24. The number of hydrogen-bond donors (Lipinski definition) is 0. The number of nitro groups is 1. The normalized spacial score (nSPS) is 33.1. The molecule has 3 aromatic carbocycles. The molecule has 6 aliphatic carbocycles. The minimum absolute atomic E-state index is 0.0153. The number of anilines is 1. The average Bonchev–Trinajstić information content (AvgIpc) is 3.50. The lowest BCUT2D eigenvalue weighted by atomic mass is 9.47. The van der Waals surface area contributed by atoms with Crippen molar-refractivity contribution in [2.75, 3.05) is 4.90 Å². The van der Waals surface area contributed by atoms with Crippen LogP contribution in [0.15, 0.2) is 84.0 Å². The van der Waals surface area contributed by atoms with E-state index in [4.69, 9.17) is 11.6 Å². The summed E-state index contributed by atoms with van der Waals surface area (Å²) in [6.07, 6.45) is 7.29. The summed E-state index contributed by atoms with van der Waals surface area (Å²) in [6.45, 7) is 0. The predicted octanol–water partition coefficient (Wildman–Crippen LogP) is 4.98. The maximum atomic E-state index is 14.7. The summed E-state index contributed by atoms with van der Waals surface area (Å²) in [4.78, 5) is 69.0. The molecule has 11 rings (SSSR count). The first-order chi connectivity index (χ1) is 22.2. The molecule has 4 bridgehead atoms. The first kappa shape index (κ1) is 27.4. The highest BCUT2D eigenvalue weighted by atomic mass is 35.5. The second-order valence-electron chi connectivity index (χ2n) is 13.0. The third-order valence-electron chi connectivity index (χ3n) is 11.2. The molecule has 4 amide bonds. The number of hydrogen-bond acceptors (Lipinski definition) is 7. The largest absolute Gasteiger partial charge is 0.294 e. The Bertz CT molecular complexity index is 1940. The van der Waals surface area contributed by atoms with Crippen molar-refractivity contribution in [3.8, 4) is 0 Å². The van der Waals surface area contributed by atoms with E-state index in [2.05, 4.69) is 5.10 Å². The van der Waals surface area contributed by atoms with Gasteiger partial charge in [-0.15, -0.1) is 0 Å². The number of rotatable bonds is 4. The number of amides is 4. The fourth-order valence-corrected chi connectivity index (χ4v) is 9.61. The van der Waals surface area contributed by atoms with Gasteiger partial charge in [0.15, 0.2) is 0 Å². The van der Waals surface area contributed by atoms with Crippen LogP contribution in [0.1, 0.15) is 41.0 Å². The van der Waals surface area contributed by atoms with Crippen LogP contribution in [0, 0.1) is 45.6 Å². The summed E-state index contributed by atoms with van der Waals surface area (Å²) < 4.78 is 0. The molecule has 0 spiro atoms. The van der Waals surface area contributed by atoms with Crippen molar-refractivity contribution in [3.05, 3.63) is 116 Å². The highest BCUT2D eigenvalue weighted by Crippen LogP contribution is 2.64. The summed E-state index contributed by atoms with van der Waals surface area (Å²) in [5.41, 5.74) is 1.19. The SMILES string of the molecule is O=C1[C@@H]2[C@H](C(=O)N1/N=C\C13c4ccccc4C(c4ccccc41)[C@@H]1C(=O)N(c4ccc(Cl)cc4[N+](=O)[O-])C(=O)[C@@H]13)[C@H]1C=C[C@H]2CC1. The van der Waals surface area contributed by atoms with Crippen molar-refractivity contribution < 1.29 is 24.1 Å². The van der Waals surface area contributed by atoms with Gasteiger partial charge in [-0.2, -0.15) is 10.1 Å². The zero-order valence-electron chi connectivity index (χ0n) is 24.2. The van der Waals surface area contributed by atoms with Gasteiger partial charge in [0.1, 0.15) is 5.69 Å². The monoisotopic (exact) mass is 632 g/mol. The standard InChI is InChI=1S/C35H25ClN4O6/c36-19-13-14-24(25(15-19)40(45)46)38-31(41)29-28-20-5-1-3-7-22(20)35(30(29)34(38)44,23-8-4-2-6-21(23)28)16-37-39-32(42)26-17-9-10-18(12-11-17)27(26)33(39)43/h1-10,13-18,26-30H,11-12H2/b37-16-/t17-,18-,26-,27+,28?,29-,30+,35?/m0/s1. The molecule has 46 heavy (non-hydrogen) atoms. The molecule has 0 aromatic heterocycles. The molecule has 3 fully saturated rings. The molecule has 3 aromatic rings. The van der Waals surface area contributed by atoms with Gasteiger partial charge in [-0.25, -0.2) is 4.90 Å². The highest BCUT2D eigenvalue weighted by molar-refractivity contribution is 6.31. The Labute approximate surface area is 267 Å². The second-order valence-corrected chi connectivity index (χ2v) is 13.4. The summed E-state index contributed by atoms with van der Waals surface area (Å²) in [5.74, 6) is -5.28. The molecule has 6 atom stereocenters. The van der Waals surface area contributed by atoms with Crippen molar-refractivity contribution in [1.29, 1.82) is 0 Å². The van der Waals surface area contributed by atoms with Crippen molar-refractivity contribution in [1.82, 2.24) is 5.01 Å². The minimum atomic E-state index is -1.35. The van der Waals surface area contributed by atoms with E-state index in [0.29, 0.717) is 0 Å². The highest BCUT2D eigenvalue weighted by Gasteiger charge is 2.68. The zero-order valence-corrected chi connectivity index (χ0v) is 24.9. The maximum Gasteiger partial charge on any atom is 0.294 e. The van der Waals surface area contributed by atoms with Crippen LogP contribution in [0.3, 0.4) is 0 Å². The Morgan fingerprint density at radius 3 is 1.96 bits per heavy atom. The van der Waals surface area contributed by atoms with E-state index in [1.165, 1.54) is 18.3 Å². The van der Waals surface area contributed by atoms with Crippen molar-refractivity contribution in [2.45, 2.75) is 24.2 Å². The molecular formula is C35H25ClN4O6. The summed E-state index contributed by atoms with van der Waals surface area (Å²) in [7, 11) is 0. The molecule has 2 aliphatic heterocycles. The fraction of sp³-hybridized carbons (Fsp3) is 0.286. The first-order valence-electron chi connectivity index (χ1n) is 15.4. The molecule has 11 heteroatoms. The number of carbonyl (C=O) groups is 4. The number of fused-ring (bicyclic) bond motifs is 1. The lowest BCUT2D eigenvalue weighted by molar-refractivity contribution is -0.384. The van der Waals surface area contributed by atoms with Crippen LogP contribution in [0.4, 0.5) is 11.4 Å². The Hall–Kier alpha value is -4.96. The van der Waals surface area contributed by atoms with Gasteiger partial charge in [-0.1, -0.05) is 72.3 Å². The van der Waals surface area contributed by atoms with Crippen molar-refractivity contribution >= 4 is 52.8 Å². The molecule has 8 aliphatic rings. The number of halogens is 1. The van der Waals surface area contributed by atoms with Gasteiger partial charge in [-0.05, 0) is 59.1 Å². The van der Waals surface area contributed by atoms with Gasteiger partial charge in [0, 0.05) is 23.2 Å². The van der Waals surface area contributed by atoms with Gasteiger partial charge in [0.2, 0.25) is 11.8 Å². The first-order valence-corrected chi connectivity index (χ1v) is 15.7. The van der Waals surface area contributed by atoms with Crippen LogP contribution >= 0.6 is 11.6 Å². The Morgan fingerprint density at radius 1 is 0.804 bits per heavy atom. The van der Waals surface area contributed by atoms with Gasteiger partial charge in [-0.3, -0.25) is 29.3 Å². The van der Waals surface area contributed by atoms with Crippen LogP contribution in [0.5, 0.6) is 0 Å². The van der Waals surface area contributed by atoms with Crippen LogP contribution < -0.4 is 4.90 Å². The van der Waals surface area contributed by atoms with Crippen LogP contribution in [0.25, 0.3) is 0 Å². The van der Waals surface area contributed by atoms with Crippen molar-refractivity contribution in [3.63, 3.8) is 0 Å². The van der Waals surface area contributed by atoms with E-state index >= 15 is 0 Å². The number of imide groups is 2. The maximum absolute atomic E-state index is 14.7. The number of allylic oxidation sites excluding steroid dienone is 2. The van der Waals surface area contributed by atoms with Gasteiger partial charge >= 0.3 is 0 Å². The average molecular weight is 633 g/mol. The second kappa shape index (κ2) is 9.29. The van der Waals surface area contributed by atoms with Gasteiger partial charge < -0.3 is 0 Å². The fourth-order valence-electron chi connectivity index (χ4n) is 9.44.